The number of morpholine rings is 1. The van der Waals surface area contributed by atoms with Crippen LogP contribution in [0.1, 0.15) is 17.3 Å². The van der Waals surface area contributed by atoms with Gasteiger partial charge in [-0.1, -0.05) is 30.4 Å². The molecule has 8 heteroatoms. The van der Waals surface area contributed by atoms with Crippen LogP contribution in [0.25, 0.3) is 10.2 Å². The van der Waals surface area contributed by atoms with E-state index in [9.17, 15) is 4.79 Å². The maximum atomic E-state index is 13.7. The molecule has 0 spiro atoms. The molecular weight excluding hydrogens is 446 g/mol. The minimum absolute atomic E-state index is 0.0222. The maximum absolute atomic E-state index is 13.7. The van der Waals surface area contributed by atoms with E-state index in [4.69, 9.17) is 9.72 Å². The maximum Gasteiger partial charge on any atom is 0.261 e. The predicted molar refractivity (Wildman–Crippen MR) is 133 cm³/mol. The molecule has 0 saturated carbocycles. The van der Waals surface area contributed by atoms with Crippen LogP contribution in [-0.4, -0.2) is 67.2 Å². The van der Waals surface area contributed by atoms with Gasteiger partial charge in [-0.15, -0.1) is 23.5 Å². The highest BCUT2D eigenvalue weighted by Crippen LogP contribution is 2.33. The molecule has 2 aromatic carbocycles. The first-order valence-corrected chi connectivity index (χ1v) is 13.5. The van der Waals surface area contributed by atoms with Gasteiger partial charge in [0.05, 0.1) is 29.0 Å². The van der Waals surface area contributed by atoms with E-state index < -0.39 is 0 Å². The zero-order valence-electron chi connectivity index (χ0n) is 17.9. The Balaban J connectivity index is 1.66. The number of thioether (sulfide) groups is 2. The van der Waals surface area contributed by atoms with E-state index in [0.29, 0.717) is 6.54 Å². The smallest absolute Gasteiger partial charge is 0.261 e. The van der Waals surface area contributed by atoms with Crippen molar-refractivity contribution in [2.24, 2.45) is 0 Å². The van der Waals surface area contributed by atoms with Crippen LogP contribution in [0.5, 0.6) is 0 Å². The highest BCUT2D eigenvalue weighted by molar-refractivity contribution is 7.99. The van der Waals surface area contributed by atoms with Crippen molar-refractivity contribution in [3.63, 3.8) is 0 Å². The van der Waals surface area contributed by atoms with Gasteiger partial charge in [-0.25, -0.2) is 4.98 Å². The highest BCUT2D eigenvalue weighted by atomic mass is 32.2. The molecule has 0 radical (unpaired) electrons. The van der Waals surface area contributed by atoms with Gasteiger partial charge in [-0.05, 0) is 42.3 Å². The summed E-state index contributed by atoms with van der Waals surface area (Å²) in [5.74, 6) is 0.949. The zero-order valence-corrected chi connectivity index (χ0v) is 20.3. The van der Waals surface area contributed by atoms with E-state index in [2.05, 4.69) is 30.2 Å². The first-order valence-electron chi connectivity index (χ1n) is 10.5. The summed E-state index contributed by atoms with van der Waals surface area (Å²) in [6.07, 6.45) is 2.07. The lowest BCUT2D eigenvalue weighted by atomic mass is 10.2. The fourth-order valence-electron chi connectivity index (χ4n) is 3.56. The van der Waals surface area contributed by atoms with Crippen molar-refractivity contribution in [1.29, 1.82) is 0 Å². The summed E-state index contributed by atoms with van der Waals surface area (Å²) in [7, 11) is 0. The average Bonchev–Trinajstić information content (AvgIpc) is 3.23. The third-order valence-corrected chi connectivity index (χ3v) is 7.94. The standard InChI is InChI=1S/C23H27N3O2S3/c1-3-30-20-7-5-4-6-18(20)22(27)26(11-10-25-12-14-28-15-13-25)23-24-19-9-8-17(29-2)16-21(19)31-23/h4-9,16H,3,10-15H2,1-2H3. The van der Waals surface area contributed by atoms with Crippen molar-refractivity contribution in [2.75, 3.05) is 56.3 Å². The van der Waals surface area contributed by atoms with Crippen molar-refractivity contribution < 1.29 is 9.53 Å². The number of carbonyl (C=O) groups is 1. The van der Waals surface area contributed by atoms with Gasteiger partial charge in [0.1, 0.15) is 0 Å². The summed E-state index contributed by atoms with van der Waals surface area (Å²) in [6.45, 7) is 6.84. The van der Waals surface area contributed by atoms with E-state index in [1.165, 1.54) is 4.90 Å². The number of anilines is 1. The molecule has 1 fully saturated rings. The lowest BCUT2D eigenvalue weighted by Crippen LogP contribution is -2.43. The zero-order chi connectivity index (χ0) is 21.6. The molecule has 4 rings (SSSR count). The Hall–Kier alpha value is -1.58. The molecule has 31 heavy (non-hydrogen) atoms. The minimum Gasteiger partial charge on any atom is -0.379 e. The van der Waals surface area contributed by atoms with Gasteiger partial charge >= 0.3 is 0 Å². The number of aromatic nitrogens is 1. The van der Waals surface area contributed by atoms with Crippen LogP contribution in [0, 0.1) is 0 Å². The third-order valence-electron chi connectivity index (χ3n) is 5.22. The monoisotopic (exact) mass is 473 g/mol. The molecule has 1 aromatic heterocycles. The van der Waals surface area contributed by atoms with Crippen molar-refractivity contribution >= 4 is 56.1 Å². The van der Waals surface area contributed by atoms with Crippen LogP contribution in [0.2, 0.25) is 0 Å². The first kappa shape index (κ1) is 22.6. The van der Waals surface area contributed by atoms with Gasteiger partial charge in [0.15, 0.2) is 5.13 Å². The quantitative estimate of drug-likeness (QED) is 0.424. The van der Waals surface area contributed by atoms with Crippen LogP contribution in [0.4, 0.5) is 5.13 Å². The van der Waals surface area contributed by atoms with Crippen LogP contribution in [-0.2, 0) is 4.74 Å². The fraction of sp³-hybridized carbons (Fsp3) is 0.391. The molecule has 0 atom stereocenters. The molecule has 1 aliphatic rings. The summed E-state index contributed by atoms with van der Waals surface area (Å²) < 4.78 is 6.59. The second-order valence-corrected chi connectivity index (χ2v) is 10.4. The number of benzene rings is 2. The number of hydrogen-bond donors (Lipinski definition) is 0. The number of amides is 1. The Bertz CT molecular complexity index is 1030. The molecule has 0 bridgehead atoms. The van der Waals surface area contributed by atoms with E-state index in [0.717, 1.165) is 64.4 Å². The second kappa shape index (κ2) is 10.8. The molecule has 164 valence electrons. The number of ether oxygens (including phenoxy) is 1. The van der Waals surface area contributed by atoms with Crippen molar-refractivity contribution in [2.45, 2.75) is 16.7 Å². The summed E-state index contributed by atoms with van der Waals surface area (Å²) in [6, 6.07) is 14.2. The summed E-state index contributed by atoms with van der Waals surface area (Å²) >= 11 is 5.02. The van der Waals surface area contributed by atoms with E-state index in [-0.39, 0.29) is 5.91 Å². The van der Waals surface area contributed by atoms with E-state index in [1.54, 1.807) is 34.9 Å². The molecular formula is C23H27N3O2S3. The minimum atomic E-state index is 0.0222. The molecule has 1 saturated heterocycles. The second-order valence-electron chi connectivity index (χ2n) is 7.17. The molecule has 0 aliphatic carbocycles. The number of hydrogen-bond acceptors (Lipinski definition) is 7. The Morgan fingerprint density at radius 3 is 2.81 bits per heavy atom. The van der Waals surface area contributed by atoms with Crippen molar-refractivity contribution in [3.05, 3.63) is 48.0 Å². The Morgan fingerprint density at radius 2 is 2.03 bits per heavy atom. The molecule has 0 unspecified atom stereocenters. The normalized spacial score (nSPS) is 14.8. The predicted octanol–water partition coefficient (Wildman–Crippen LogP) is 5.11. The van der Waals surface area contributed by atoms with Gasteiger partial charge in [0, 0.05) is 36.0 Å². The third kappa shape index (κ3) is 5.43. The molecule has 1 aliphatic heterocycles. The summed E-state index contributed by atoms with van der Waals surface area (Å²) in [5, 5.41) is 0.766. The van der Waals surface area contributed by atoms with Crippen LogP contribution < -0.4 is 4.90 Å². The molecule has 2 heterocycles. The molecule has 5 nitrogen and oxygen atoms in total. The number of rotatable bonds is 8. The van der Waals surface area contributed by atoms with Crippen molar-refractivity contribution in [3.8, 4) is 0 Å². The number of fused-ring (bicyclic) bond motifs is 1. The summed E-state index contributed by atoms with van der Waals surface area (Å²) in [4.78, 5) is 25.0. The average molecular weight is 474 g/mol. The largest absolute Gasteiger partial charge is 0.379 e. The van der Waals surface area contributed by atoms with E-state index in [1.807, 2.05) is 35.2 Å². The topological polar surface area (TPSA) is 45.7 Å². The number of thiazole rings is 1. The van der Waals surface area contributed by atoms with Crippen molar-refractivity contribution in [1.82, 2.24) is 9.88 Å². The van der Waals surface area contributed by atoms with E-state index >= 15 is 0 Å². The lowest BCUT2D eigenvalue weighted by Gasteiger charge is -2.29. The van der Waals surface area contributed by atoms with Gasteiger partial charge in [-0.3, -0.25) is 14.6 Å². The highest BCUT2D eigenvalue weighted by Gasteiger charge is 2.24. The Kier molecular flexibility index (Phi) is 7.90. The first-order chi connectivity index (χ1) is 15.2. The van der Waals surface area contributed by atoms with Gasteiger partial charge in [0.25, 0.3) is 5.91 Å². The Labute approximate surface area is 196 Å². The summed E-state index contributed by atoms with van der Waals surface area (Å²) in [5.41, 5.74) is 1.69. The molecule has 3 aromatic rings. The number of nitrogens with zero attached hydrogens (tertiary/aromatic N) is 3. The Morgan fingerprint density at radius 1 is 1.23 bits per heavy atom. The SMILES string of the molecule is CCSc1ccccc1C(=O)N(CCN1CCOCC1)c1nc2ccc(SC)cc2s1. The van der Waals surface area contributed by atoms with Crippen LogP contribution in [0.3, 0.4) is 0 Å². The number of carbonyl (C=O) groups excluding carboxylic acids is 1. The fourth-order valence-corrected chi connectivity index (χ4v) is 5.90. The van der Waals surface area contributed by atoms with Crippen LogP contribution in [0.15, 0.2) is 52.3 Å². The van der Waals surface area contributed by atoms with Gasteiger partial charge in [-0.2, -0.15) is 0 Å². The molecule has 0 N–H and O–H groups in total. The van der Waals surface area contributed by atoms with Gasteiger partial charge in [0.2, 0.25) is 0 Å². The molecule has 1 amide bonds. The van der Waals surface area contributed by atoms with Crippen LogP contribution >= 0.6 is 34.9 Å². The lowest BCUT2D eigenvalue weighted by molar-refractivity contribution is 0.0391. The van der Waals surface area contributed by atoms with Gasteiger partial charge < -0.3 is 4.74 Å².